The van der Waals surface area contributed by atoms with E-state index in [0.717, 1.165) is 25.3 Å². The molecule has 1 unspecified atom stereocenters. The Labute approximate surface area is 98.8 Å². The summed E-state index contributed by atoms with van der Waals surface area (Å²) in [6.45, 7) is 1.35. The number of sulfone groups is 1. The summed E-state index contributed by atoms with van der Waals surface area (Å²) in [5.74, 6) is -2.06. The number of halogens is 2. The molecule has 1 atom stereocenters. The molecule has 1 fully saturated rings. The van der Waals surface area contributed by atoms with E-state index in [4.69, 9.17) is 0 Å². The van der Waals surface area contributed by atoms with Crippen LogP contribution in [0.5, 0.6) is 0 Å². The van der Waals surface area contributed by atoms with Crippen LogP contribution in [-0.2, 0) is 9.84 Å². The van der Waals surface area contributed by atoms with Crippen molar-refractivity contribution < 1.29 is 17.2 Å². The molecular weight excluding hydrogens is 248 g/mol. The first-order valence-corrected chi connectivity index (χ1v) is 7.19. The van der Waals surface area contributed by atoms with Crippen LogP contribution in [0.4, 0.5) is 8.78 Å². The fourth-order valence-electron chi connectivity index (χ4n) is 2.12. The summed E-state index contributed by atoms with van der Waals surface area (Å²) in [7, 11) is -3.89. The molecule has 0 aliphatic carbocycles. The van der Waals surface area contributed by atoms with E-state index in [9.17, 15) is 17.2 Å². The molecule has 0 radical (unpaired) electrons. The van der Waals surface area contributed by atoms with Crippen molar-refractivity contribution in [3.63, 3.8) is 0 Å². The third-order valence-corrected chi connectivity index (χ3v) is 4.07. The second kappa shape index (κ2) is 4.34. The van der Waals surface area contributed by atoms with Gasteiger partial charge in [-0.1, -0.05) is 6.07 Å². The molecule has 1 heterocycles. The Morgan fingerprint density at radius 3 is 2.59 bits per heavy atom. The topological polar surface area (TPSA) is 46.2 Å². The Bertz CT molecular complexity index is 537. The van der Waals surface area contributed by atoms with Crippen molar-refractivity contribution in [1.29, 1.82) is 0 Å². The maximum atomic E-state index is 14.0. The molecular formula is C11H13F2NO2S. The van der Waals surface area contributed by atoms with Crippen LogP contribution in [0, 0.1) is 11.6 Å². The van der Waals surface area contributed by atoms with Gasteiger partial charge in [0.1, 0.15) is 16.5 Å². The minimum Gasteiger partial charge on any atom is -0.316 e. The van der Waals surface area contributed by atoms with E-state index < -0.39 is 26.4 Å². The normalized spacial score (nSPS) is 20.8. The predicted molar refractivity (Wildman–Crippen MR) is 59.7 cm³/mol. The van der Waals surface area contributed by atoms with Crippen LogP contribution >= 0.6 is 0 Å². The number of hydrogen-bond donors (Lipinski definition) is 1. The Morgan fingerprint density at radius 2 is 2.06 bits per heavy atom. The summed E-state index contributed by atoms with van der Waals surface area (Å²) in [6, 6.07) is 2.35. The van der Waals surface area contributed by atoms with Crippen LogP contribution in [-0.4, -0.2) is 27.8 Å². The monoisotopic (exact) mass is 261 g/mol. The highest BCUT2D eigenvalue weighted by Gasteiger charge is 2.27. The Balaban J connectivity index is 2.57. The second-order valence-electron chi connectivity index (χ2n) is 4.24. The van der Waals surface area contributed by atoms with Gasteiger partial charge in [0.2, 0.25) is 0 Å². The molecule has 1 aromatic rings. The fourth-order valence-corrected chi connectivity index (χ4v) is 2.99. The summed E-state index contributed by atoms with van der Waals surface area (Å²) >= 11 is 0. The standard InChI is InChI=1S/C11H13F2NO2S/c1-17(15,16)11-9(12)3-2-8(10(11)13)7-4-5-14-6-7/h2-3,7,14H,4-6H2,1H3. The van der Waals surface area contributed by atoms with E-state index in [1.54, 1.807) is 0 Å². The van der Waals surface area contributed by atoms with E-state index in [2.05, 4.69) is 5.32 Å². The molecule has 1 aliphatic rings. The van der Waals surface area contributed by atoms with Crippen molar-refractivity contribution in [2.45, 2.75) is 17.2 Å². The molecule has 0 bridgehead atoms. The van der Waals surface area contributed by atoms with Gasteiger partial charge in [0.05, 0.1) is 0 Å². The molecule has 1 aliphatic heterocycles. The molecule has 2 rings (SSSR count). The van der Waals surface area contributed by atoms with Crippen molar-refractivity contribution in [2.24, 2.45) is 0 Å². The van der Waals surface area contributed by atoms with Gasteiger partial charge in [0.25, 0.3) is 0 Å². The zero-order valence-electron chi connectivity index (χ0n) is 9.33. The first-order chi connectivity index (χ1) is 7.91. The highest BCUT2D eigenvalue weighted by atomic mass is 32.2. The number of nitrogens with one attached hydrogen (secondary N) is 1. The molecule has 1 saturated heterocycles. The second-order valence-corrected chi connectivity index (χ2v) is 6.19. The zero-order valence-corrected chi connectivity index (χ0v) is 10.2. The van der Waals surface area contributed by atoms with E-state index >= 15 is 0 Å². The van der Waals surface area contributed by atoms with Gasteiger partial charge in [-0.15, -0.1) is 0 Å². The Kier molecular flexibility index (Phi) is 3.18. The van der Waals surface area contributed by atoms with Crippen molar-refractivity contribution in [2.75, 3.05) is 19.3 Å². The quantitative estimate of drug-likeness (QED) is 0.876. The third kappa shape index (κ3) is 2.32. The summed E-state index contributed by atoms with van der Waals surface area (Å²) in [6.07, 6.45) is 1.54. The average Bonchev–Trinajstić information content (AvgIpc) is 2.68. The molecule has 3 nitrogen and oxygen atoms in total. The van der Waals surface area contributed by atoms with Gasteiger partial charge in [-0.3, -0.25) is 0 Å². The van der Waals surface area contributed by atoms with E-state index in [0.29, 0.717) is 6.54 Å². The van der Waals surface area contributed by atoms with Crippen LogP contribution in [0.15, 0.2) is 17.0 Å². The van der Waals surface area contributed by atoms with Gasteiger partial charge in [-0.2, -0.15) is 0 Å². The van der Waals surface area contributed by atoms with E-state index in [1.165, 1.54) is 6.07 Å². The van der Waals surface area contributed by atoms with Gasteiger partial charge < -0.3 is 5.32 Å². The van der Waals surface area contributed by atoms with Crippen LogP contribution in [0.1, 0.15) is 17.9 Å². The van der Waals surface area contributed by atoms with Crippen LogP contribution < -0.4 is 5.32 Å². The molecule has 0 aromatic heterocycles. The smallest absolute Gasteiger partial charge is 0.181 e. The van der Waals surface area contributed by atoms with E-state index in [1.807, 2.05) is 0 Å². The minimum atomic E-state index is -3.89. The predicted octanol–water partition coefficient (Wildman–Crippen LogP) is 1.45. The van der Waals surface area contributed by atoms with Crippen LogP contribution in [0.2, 0.25) is 0 Å². The van der Waals surface area contributed by atoms with Gasteiger partial charge in [0, 0.05) is 18.7 Å². The summed E-state index contributed by atoms with van der Waals surface area (Å²) in [5, 5.41) is 3.06. The van der Waals surface area contributed by atoms with Crippen molar-refractivity contribution in [3.05, 3.63) is 29.3 Å². The maximum Gasteiger partial charge on any atom is 0.181 e. The summed E-state index contributed by atoms with van der Waals surface area (Å²) in [4.78, 5) is -0.818. The lowest BCUT2D eigenvalue weighted by Crippen LogP contribution is -2.12. The summed E-state index contributed by atoms with van der Waals surface area (Å²) < 4.78 is 50.1. The first-order valence-electron chi connectivity index (χ1n) is 5.30. The highest BCUT2D eigenvalue weighted by Crippen LogP contribution is 2.29. The third-order valence-electron chi connectivity index (χ3n) is 2.95. The Morgan fingerprint density at radius 1 is 1.35 bits per heavy atom. The van der Waals surface area contributed by atoms with Gasteiger partial charge in [-0.25, -0.2) is 17.2 Å². The van der Waals surface area contributed by atoms with Gasteiger partial charge >= 0.3 is 0 Å². The molecule has 0 amide bonds. The lowest BCUT2D eigenvalue weighted by atomic mass is 9.98. The lowest BCUT2D eigenvalue weighted by Gasteiger charge is -2.12. The molecule has 1 aromatic carbocycles. The number of benzene rings is 1. The number of rotatable bonds is 2. The van der Waals surface area contributed by atoms with Gasteiger partial charge in [0.15, 0.2) is 9.84 Å². The highest BCUT2D eigenvalue weighted by molar-refractivity contribution is 7.90. The molecule has 0 saturated carbocycles. The van der Waals surface area contributed by atoms with E-state index in [-0.39, 0.29) is 11.5 Å². The van der Waals surface area contributed by atoms with Crippen molar-refractivity contribution >= 4 is 9.84 Å². The fraction of sp³-hybridized carbons (Fsp3) is 0.455. The van der Waals surface area contributed by atoms with Crippen molar-refractivity contribution in [3.8, 4) is 0 Å². The lowest BCUT2D eigenvalue weighted by molar-refractivity contribution is 0.505. The van der Waals surface area contributed by atoms with Crippen LogP contribution in [0.25, 0.3) is 0 Å². The van der Waals surface area contributed by atoms with Crippen LogP contribution in [0.3, 0.4) is 0 Å². The maximum absolute atomic E-state index is 14.0. The Hall–Kier alpha value is -1.01. The van der Waals surface area contributed by atoms with Crippen molar-refractivity contribution in [1.82, 2.24) is 5.32 Å². The molecule has 6 heteroatoms. The largest absolute Gasteiger partial charge is 0.316 e. The molecule has 1 N–H and O–H groups in total. The molecule has 17 heavy (non-hydrogen) atoms. The average molecular weight is 261 g/mol. The first kappa shape index (κ1) is 12.4. The zero-order chi connectivity index (χ0) is 12.6. The molecule has 0 spiro atoms. The number of hydrogen-bond acceptors (Lipinski definition) is 3. The molecule has 94 valence electrons. The van der Waals surface area contributed by atoms with Gasteiger partial charge in [-0.05, 0) is 24.6 Å². The SMILES string of the molecule is CS(=O)(=O)c1c(F)ccc(C2CCNC2)c1F. The summed E-state index contributed by atoms with van der Waals surface area (Å²) in [5.41, 5.74) is 0.275. The minimum absolute atomic E-state index is 0.0869.